The van der Waals surface area contributed by atoms with Crippen molar-refractivity contribution in [3.05, 3.63) is 41.0 Å². The zero-order valence-electron chi connectivity index (χ0n) is 13.3. The summed E-state index contributed by atoms with van der Waals surface area (Å²) in [4.78, 5) is 36.1. The second-order valence-corrected chi connectivity index (χ2v) is 5.48. The molecular formula is C18H20O5. The molecule has 0 radical (unpaired) electrons. The van der Waals surface area contributed by atoms with E-state index in [0.717, 1.165) is 12.0 Å². The number of hydrogen-bond acceptors (Lipinski definition) is 5. The lowest BCUT2D eigenvalue weighted by Crippen LogP contribution is -2.32. The van der Waals surface area contributed by atoms with Gasteiger partial charge in [-0.25, -0.2) is 0 Å². The van der Waals surface area contributed by atoms with Crippen LogP contribution in [0.5, 0.6) is 0 Å². The van der Waals surface area contributed by atoms with Crippen molar-refractivity contribution in [1.82, 2.24) is 0 Å². The minimum absolute atomic E-state index is 0.114. The molecule has 0 spiro atoms. The van der Waals surface area contributed by atoms with Crippen molar-refractivity contribution in [2.45, 2.75) is 33.1 Å². The highest BCUT2D eigenvalue weighted by molar-refractivity contribution is 6.27. The maximum atomic E-state index is 12.2. The normalized spacial score (nSPS) is 18.0. The molecule has 0 unspecified atom stereocenters. The summed E-state index contributed by atoms with van der Waals surface area (Å²) in [6.45, 7) is 3.88. The molecule has 0 atom stereocenters. The highest BCUT2D eigenvalue weighted by Gasteiger charge is 2.37. The Morgan fingerprint density at radius 3 is 2.17 bits per heavy atom. The minimum atomic E-state index is -0.756. The maximum absolute atomic E-state index is 12.2. The van der Waals surface area contributed by atoms with Gasteiger partial charge in [0.05, 0.1) is 12.5 Å². The van der Waals surface area contributed by atoms with Gasteiger partial charge in [0.2, 0.25) is 0 Å². The highest BCUT2D eigenvalue weighted by Crippen LogP contribution is 2.28. The molecule has 0 saturated heterocycles. The molecule has 2 rings (SSSR count). The number of aliphatic hydroxyl groups is 1. The Hall–Kier alpha value is -2.43. The van der Waals surface area contributed by atoms with Crippen LogP contribution in [0.25, 0.3) is 5.76 Å². The lowest BCUT2D eigenvalue weighted by Gasteiger charge is -2.21. The molecule has 0 amide bonds. The van der Waals surface area contributed by atoms with E-state index in [-0.39, 0.29) is 30.8 Å². The van der Waals surface area contributed by atoms with Gasteiger partial charge >= 0.3 is 5.97 Å². The summed E-state index contributed by atoms with van der Waals surface area (Å²) in [6.07, 6.45) is 0.630. The van der Waals surface area contributed by atoms with Gasteiger partial charge in [0.15, 0.2) is 11.6 Å². The van der Waals surface area contributed by atoms with E-state index in [1.54, 1.807) is 19.1 Å². The van der Waals surface area contributed by atoms with Gasteiger partial charge in [0, 0.05) is 18.4 Å². The molecule has 0 heterocycles. The summed E-state index contributed by atoms with van der Waals surface area (Å²) < 4.78 is 4.86. The number of aryl methyl sites for hydroxylation is 1. The van der Waals surface area contributed by atoms with Crippen LogP contribution < -0.4 is 0 Å². The van der Waals surface area contributed by atoms with Crippen molar-refractivity contribution in [3.8, 4) is 0 Å². The molecule has 1 aliphatic carbocycles. The fraction of sp³-hybridized carbons (Fsp3) is 0.389. The summed E-state index contributed by atoms with van der Waals surface area (Å²) in [6, 6.07) is 7.04. The lowest BCUT2D eigenvalue weighted by atomic mass is 9.82. The quantitative estimate of drug-likeness (QED) is 0.400. The second kappa shape index (κ2) is 7.22. The van der Waals surface area contributed by atoms with Gasteiger partial charge in [-0.1, -0.05) is 31.2 Å². The van der Waals surface area contributed by atoms with Crippen molar-refractivity contribution >= 4 is 23.3 Å². The number of carbonyl (C=O) groups excluding carboxylic acids is 3. The van der Waals surface area contributed by atoms with E-state index < -0.39 is 23.5 Å². The molecule has 1 N–H and O–H groups in total. The molecule has 23 heavy (non-hydrogen) atoms. The molecule has 1 aromatic rings. The number of carbonyl (C=O) groups is 3. The van der Waals surface area contributed by atoms with Crippen molar-refractivity contribution in [2.24, 2.45) is 5.92 Å². The third-order valence-electron chi connectivity index (χ3n) is 3.91. The average Bonchev–Trinajstić information content (AvgIpc) is 2.54. The molecule has 1 aromatic carbocycles. The highest BCUT2D eigenvalue weighted by atomic mass is 16.5. The van der Waals surface area contributed by atoms with Gasteiger partial charge < -0.3 is 9.84 Å². The fourth-order valence-corrected chi connectivity index (χ4v) is 2.61. The SMILES string of the molecule is CCOC(=O)C1CC(=O)C(=C(O)c2ccc(CC)cc2)C(=O)C1. The molecule has 0 bridgehead atoms. The van der Waals surface area contributed by atoms with Crippen LogP contribution in [0, 0.1) is 5.92 Å². The third kappa shape index (κ3) is 3.67. The van der Waals surface area contributed by atoms with Crippen LogP contribution in [0.2, 0.25) is 0 Å². The number of Topliss-reactive ketones (excluding diaryl/α,β-unsaturated/α-hetero) is 2. The van der Waals surface area contributed by atoms with Gasteiger partial charge in [-0.3, -0.25) is 14.4 Å². The Labute approximate surface area is 135 Å². The van der Waals surface area contributed by atoms with Gasteiger partial charge in [-0.15, -0.1) is 0 Å². The predicted molar refractivity (Wildman–Crippen MR) is 84.7 cm³/mol. The Kier molecular flexibility index (Phi) is 5.32. The van der Waals surface area contributed by atoms with Gasteiger partial charge in [0.1, 0.15) is 11.3 Å². The zero-order chi connectivity index (χ0) is 17.0. The van der Waals surface area contributed by atoms with Crippen LogP contribution in [0.15, 0.2) is 29.8 Å². The summed E-state index contributed by atoms with van der Waals surface area (Å²) in [7, 11) is 0. The smallest absolute Gasteiger partial charge is 0.309 e. The first-order chi connectivity index (χ1) is 11.0. The summed E-state index contributed by atoms with van der Waals surface area (Å²) in [5, 5.41) is 10.3. The molecule has 5 heteroatoms. The van der Waals surface area contributed by atoms with E-state index >= 15 is 0 Å². The van der Waals surface area contributed by atoms with E-state index in [0.29, 0.717) is 5.56 Å². The number of esters is 1. The first-order valence-corrected chi connectivity index (χ1v) is 7.73. The number of hydrogen-bond donors (Lipinski definition) is 1. The monoisotopic (exact) mass is 316 g/mol. The Bertz CT molecular complexity index is 634. The van der Waals surface area contributed by atoms with E-state index in [2.05, 4.69) is 0 Å². The first-order valence-electron chi connectivity index (χ1n) is 7.73. The number of ether oxygens (including phenoxy) is 1. The minimum Gasteiger partial charge on any atom is -0.506 e. The van der Waals surface area contributed by atoms with Crippen molar-refractivity contribution in [2.75, 3.05) is 6.61 Å². The maximum Gasteiger partial charge on any atom is 0.309 e. The van der Waals surface area contributed by atoms with Crippen LogP contribution in [-0.2, 0) is 25.5 Å². The molecule has 0 aliphatic heterocycles. The standard InChI is InChI=1S/C18H20O5/c1-3-11-5-7-12(8-6-11)17(21)16-14(19)9-13(10-15(16)20)18(22)23-4-2/h5-8,13,21H,3-4,9-10H2,1-2H3. The van der Waals surface area contributed by atoms with Crippen molar-refractivity contribution in [1.29, 1.82) is 0 Å². The van der Waals surface area contributed by atoms with Crippen molar-refractivity contribution in [3.63, 3.8) is 0 Å². The molecule has 1 saturated carbocycles. The van der Waals surface area contributed by atoms with Gasteiger partial charge in [-0.05, 0) is 18.9 Å². The Morgan fingerprint density at radius 1 is 1.13 bits per heavy atom. The molecule has 1 aliphatic rings. The lowest BCUT2D eigenvalue weighted by molar-refractivity contribution is -0.151. The molecule has 0 aromatic heterocycles. The van der Waals surface area contributed by atoms with Crippen molar-refractivity contribution < 1.29 is 24.2 Å². The molecular weight excluding hydrogens is 296 g/mol. The van der Waals surface area contributed by atoms with E-state index in [4.69, 9.17) is 4.74 Å². The van der Waals surface area contributed by atoms with Crippen LogP contribution >= 0.6 is 0 Å². The third-order valence-corrected chi connectivity index (χ3v) is 3.91. The Balaban J connectivity index is 2.26. The molecule has 1 fully saturated rings. The number of rotatable bonds is 4. The second-order valence-electron chi connectivity index (χ2n) is 5.48. The fourth-order valence-electron chi connectivity index (χ4n) is 2.61. The summed E-state index contributed by atoms with van der Waals surface area (Å²) in [5.74, 6) is -2.65. The Morgan fingerprint density at radius 2 is 1.70 bits per heavy atom. The van der Waals surface area contributed by atoms with Crippen LogP contribution in [0.4, 0.5) is 0 Å². The number of aliphatic hydroxyl groups excluding tert-OH is 1. The number of ketones is 2. The van der Waals surface area contributed by atoms with Crippen LogP contribution in [0.3, 0.4) is 0 Å². The topological polar surface area (TPSA) is 80.7 Å². The number of benzene rings is 1. The van der Waals surface area contributed by atoms with Gasteiger partial charge in [0.25, 0.3) is 0 Å². The van der Waals surface area contributed by atoms with E-state index in [1.165, 1.54) is 0 Å². The summed E-state index contributed by atoms with van der Waals surface area (Å²) >= 11 is 0. The van der Waals surface area contributed by atoms with Gasteiger partial charge in [-0.2, -0.15) is 0 Å². The summed E-state index contributed by atoms with van der Waals surface area (Å²) in [5.41, 5.74) is 1.30. The zero-order valence-corrected chi connectivity index (χ0v) is 13.3. The largest absolute Gasteiger partial charge is 0.506 e. The van der Waals surface area contributed by atoms with Crippen LogP contribution in [-0.4, -0.2) is 29.2 Å². The van der Waals surface area contributed by atoms with Crippen LogP contribution in [0.1, 0.15) is 37.8 Å². The van der Waals surface area contributed by atoms with E-state index in [9.17, 15) is 19.5 Å². The molecule has 122 valence electrons. The molecule has 5 nitrogen and oxygen atoms in total. The first kappa shape index (κ1) is 16.9. The average molecular weight is 316 g/mol. The van der Waals surface area contributed by atoms with E-state index in [1.807, 2.05) is 19.1 Å². The predicted octanol–water partition coefficient (Wildman–Crippen LogP) is 2.63. The number of allylic oxidation sites excluding steroid dienone is 1.